The number of nitrogens with zero attached hydrogens (tertiary/aromatic N) is 3. The minimum absolute atomic E-state index is 0.0690. The highest BCUT2D eigenvalue weighted by Crippen LogP contribution is 2.23. The van der Waals surface area contributed by atoms with E-state index in [2.05, 4.69) is 39.8 Å². The summed E-state index contributed by atoms with van der Waals surface area (Å²) in [6, 6.07) is 8.43. The van der Waals surface area contributed by atoms with Crippen molar-refractivity contribution in [2.75, 3.05) is 0 Å². The summed E-state index contributed by atoms with van der Waals surface area (Å²) in [5, 5.41) is 10.2. The monoisotopic (exact) mass is 327 g/mol. The van der Waals surface area contributed by atoms with Gasteiger partial charge in [0.2, 0.25) is 0 Å². The number of carbonyl (C=O) groups excluding carboxylic acids is 1. The van der Waals surface area contributed by atoms with Crippen molar-refractivity contribution in [2.45, 2.75) is 51.7 Å². The highest BCUT2D eigenvalue weighted by Gasteiger charge is 2.22. The van der Waals surface area contributed by atoms with E-state index < -0.39 is 0 Å². The first-order valence-electron chi connectivity index (χ1n) is 8.65. The maximum atomic E-state index is 12.1. The second-order valence-corrected chi connectivity index (χ2v) is 6.60. The van der Waals surface area contributed by atoms with Crippen molar-refractivity contribution in [1.82, 2.24) is 25.4 Å². The van der Waals surface area contributed by atoms with Gasteiger partial charge >= 0.3 is 6.03 Å². The molecule has 0 radical (unpaired) electrons. The van der Waals surface area contributed by atoms with E-state index in [1.54, 1.807) is 11.0 Å². The van der Waals surface area contributed by atoms with E-state index in [0.717, 1.165) is 17.5 Å². The molecule has 1 aromatic carbocycles. The quantitative estimate of drug-likeness (QED) is 0.887. The minimum atomic E-state index is -0.0690. The van der Waals surface area contributed by atoms with Gasteiger partial charge in [0.25, 0.3) is 0 Å². The van der Waals surface area contributed by atoms with E-state index >= 15 is 0 Å². The molecule has 0 spiro atoms. The predicted molar refractivity (Wildman–Crippen MR) is 92.4 cm³/mol. The first-order chi connectivity index (χ1) is 11.7. The smallest absolute Gasteiger partial charge is 0.315 e. The van der Waals surface area contributed by atoms with E-state index in [-0.39, 0.29) is 6.03 Å². The van der Waals surface area contributed by atoms with Crippen LogP contribution in [0.4, 0.5) is 4.79 Å². The van der Waals surface area contributed by atoms with Gasteiger partial charge in [-0.3, -0.25) is 0 Å². The molecule has 2 atom stereocenters. The highest BCUT2D eigenvalue weighted by atomic mass is 16.2. The number of benzene rings is 1. The topological polar surface area (TPSA) is 71.8 Å². The lowest BCUT2D eigenvalue weighted by molar-refractivity contribution is 0.221. The molecule has 6 nitrogen and oxygen atoms in total. The van der Waals surface area contributed by atoms with Crippen LogP contribution in [0.3, 0.4) is 0 Å². The van der Waals surface area contributed by atoms with Crippen LogP contribution in [0.25, 0.3) is 0 Å². The van der Waals surface area contributed by atoms with Crippen molar-refractivity contribution in [2.24, 2.45) is 5.92 Å². The lowest BCUT2D eigenvalue weighted by Gasteiger charge is -2.29. The van der Waals surface area contributed by atoms with Crippen molar-refractivity contribution >= 4 is 6.03 Å². The van der Waals surface area contributed by atoms with Crippen LogP contribution in [0.15, 0.2) is 36.9 Å². The number of carbonyl (C=O) groups is 1. The van der Waals surface area contributed by atoms with Gasteiger partial charge in [0.05, 0.1) is 6.54 Å². The number of hydrogen-bond acceptors (Lipinski definition) is 3. The SMILES string of the molecule is CC1CCCCC1NC(=O)NCc1ccc(Cn2cncn2)cc1. The van der Waals surface area contributed by atoms with Gasteiger partial charge in [0, 0.05) is 12.6 Å². The third-order valence-corrected chi connectivity index (χ3v) is 4.72. The maximum Gasteiger partial charge on any atom is 0.315 e. The Morgan fingerprint density at radius 2 is 1.96 bits per heavy atom. The van der Waals surface area contributed by atoms with E-state index in [0.29, 0.717) is 25.0 Å². The maximum absolute atomic E-state index is 12.1. The molecule has 24 heavy (non-hydrogen) atoms. The second-order valence-electron chi connectivity index (χ2n) is 6.60. The molecule has 1 fully saturated rings. The molecular weight excluding hydrogens is 302 g/mol. The fourth-order valence-corrected chi connectivity index (χ4v) is 3.20. The lowest BCUT2D eigenvalue weighted by Crippen LogP contribution is -2.45. The summed E-state index contributed by atoms with van der Waals surface area (Å²) in [7, 11) is 0. The fraction of sp³-hybridized carbons (Fsp3) is 0.500. The van der Waals surface area contributed by atoms with Crippen molar-refractivity contribution in [3.05, 3.63) is 48.0 Å². The Balaban J connectivity index is 1.45. The number of urea groups is 1. The molecule has 1 saturated carbocycles. The molecule has 2 amide bonds. The third-order valence-electron chi connectivity index (χ3n) is 4.72. The molecule has 0 aliphatic heterocycles. The molecule has 1 aliphatic carbocycles. The Kier molecular flexibility index (Phi) is 5.46. The number of aromatic nitrogens is 3. The van der Waals surface area contributed by atoms with Gasteiger partial charge in [-0.15, -0.1) is 0 Å². The molecule has 3 rings (SSSR count). The van der Waals surface area contributed by atoms with Gasteiger partial charge < -0.3 is 10.6 Å². The molecule has 128 valence electrons. The van der Waals surface area contributed by atoms with E-state index in [4.69, 9.17) is 0 Å². The Labute approximate surface area is 142 Å². The van der Waals surface area contributed by atoms with Gasteiger partial charge in [-0.1, -0.05) is 44.0 Å². The van der Waals surface area contributed by atoms with Crippen LogP contribution in [0.1, 0.15) is 43.7 Å². The molecule has 1 aromatic heterocycles. The standard InChI is InChI=1S/C18H25N5O/c1-14-4-2-3-5-17(14)22-18(24)20-10-15-6-8-16(9-7-15)11-23-13-19-12-21-23/h6-9,12-14,17H,2-5,10-11H2,1H3,(H2,20,22,24). The van der Waals surface area contributed by atoms with Crippen LogP contribution in [-0.2, 0) is 13.1 Å². The summed E-state index contributed by atoms with van der Waals surface area (Å²) in [5.41, 5.74) is 2.24. The van der Waals surface area contributed by atoms with E-state index in [1.165, 1.54) is 25.6 Å². The average molecular weight is 327 g/mol. The molecule has 2 N–H and O–H groups in total. The van der Waals surface area contributed by atoms with Crippen molar-refractivity contribution in [3.63, 3.8) is 0 Å². The van der Waals surface area contributed by atoms with Gasteiger partial charge in [-0.25, -0.2) is 14.5 Å². The molecule has 2 aromatic rings. The van der Waals surface area contributed by atoms with E-state index in [1.807, 2.05) is 12.1 Å². The number of rotatable bonds is 5. The molecule has 1 aliphatic rings. The predicted octanol–water partition coefficient (Wildman–Crippen LogP) is 2.70. The third kappa shape index (κ3) is 4.57. The number of nitrogens with one attached hydrogen (secondary N) is 2. The average Bonchev–Trinajstić information content (AvgIpc) is 3.09. The Hall–Kier alpha value is -2.37. The molecule has 0 bridgehead atoms. The summed E-state index contributed by atoms with van der Waals surface area (Å²) in [6.45, 7) is 3.46. The number of hydrogen-bond donors (Lipinski definition) is 2. The summed E-state index contributed by atoms with van der Waals surface area (Å²) < 4.78 is 1.78. The van der Waals surface area contributed by atoms with E-state index in [9.17, 15) is 4.79 Å². The summed E-state index contributed by atoms with van der Waals surface area (Å²) >= 11 is 0. The first-order valence-corrected chi connectivity index (χ1v) is 8.65. The van der Waals surface area contributed by atoms with Gasteiger partial charge in [0.1, 0.15) is 12.7 Å². The molecule has 0 saturated heterocycles. The first kappa shape index (κ1) is 16.5. The zero-order chi connectivity index (χ0) is 16.8. The summed E-state index contributed by atoms with van der Waals surface area (Å²) in [4.78, 5) is 16.0. The Morgan fingerprint density at radius 3 is 2.67 bits per heavy atom. The van der Waals surface area contributed by atoms with Gasteiger partial charge in [0.15, 0.2) is 0 Å². The summed E-state index contributed by atoms with van der Waals surface area (Å²) in [6.07, 6.45) is 8.02. The van der Waals surface area contributed by atoms with Crippen molar-refractivity contribution < 1.29 is 4.79 Å². The van der Waals surface area contributed by atoms with Crippen LogP contribution in [-0.4, -0.2) is 26.8 Å². The Morgan fingerprint density at radius 1 is 1.21 bits per heavy atom. The van der Waals surface area contributed by atoms with Crippen LogP contribution in [0, 0.1) is 5.92 Å². The van der Waals surface area contributed by atoms with Crippen LogP contribution < -0.4 is 10.6 Å². The molecule has 6 heteroatoms. The highest BCUT2D eigenvalue weighted by molar-refractivity contribution is 5.74. The normalized spacial score (nSPS) is 20.5. The van der Waals surface area contributed by atoms with Crippen LogP contribution in [0.5, 0.6) is 0 Å². The van der Waals surface area contributed by atoms with Crippen molar-refractivity contribution in [1.29, 1.82) is 0 Å². The second kappa shape index (κ2) is 7.95. The van der Waals surface area contributed by atoms with Gasteiger partial charge in [-0.2, -0.15) is 5.10 Å². The fourth-order valence-electron chi connectivity index (χ4n) is 3.20. The minimum Gasteiger partial charge on any atom is -0.335 e. The number of amides is 2. The zero-order valence-corrected chi connectivity index (χ0v) is 14.1. The summed E-state index contributed by atoms with van der Waals surface area (Å²) in [5.74, 6) is 0.570. The largest absolute Gasteiger partial charge is 0.335 e. The van der Waals surface area contributed by atoms with Crippen LogP contribution >= 0.6 is 0 Å². The van der Waals surface area contributed by atoms with Gasteiger partial charge in [-0.05, 0) is 29.9 Å². The lowest BCUT2D eigenvalue weighted by atomic mass is 9.86. The molecular formula is C18H25N5O. The van der Waals surface area contributed by atoms with Crippen LogP contribution in [0.2, 0.25) is 0 Å². The molecule has 1 heterocycles. The molecule has 2 unspecified atom stereocenters. The zero-order valence-electron chi connectivity index (χ0n) is 14.1. The Bertz CT molecular complexity index is 638. The van der Waals surface area contributed by atoms with Crippen molar-refractivity contribution in [3.8, 4) is 0 Å².